The average molecular weight is 315 g/mol. The number of nitrogens with zero attached hydrogens (tertiary/aromatic N) is 2. The minimum absolute atomic E-state index is 0.382. The van der Waals surface area contributed by atoms with Crippen molar-refractivity contribution in [2.45, 2.75) is 6.42 Å². The van der Waals surface area contributed by atoms with Crippen molar-refractivity contribution in [3.8, 4) is 11.1 Å². The van der Waals surface area contributed by atoms with E-state index in [0.29, 0.717) is 28.1 Å². The fourth-order valence-electron chi connectivity index (χ4n) is 2.15. The zero-order valence-corrected chi connectivity index (χ0v) is 12.6. The number of aromatic nitrogens is 2. The first kappa shape index (κ1) is 14.1. The van der Waals surface area contributed by atoms with Gasteiger partial charge in [0.05, 0.1) is 5.56 Å². The Morgan fingerprint density at radius 1 is 0.714 bits per heavy atom. The maximum atomic E-state index is 6.30. The van der Waals surface area contributed by atoms with Gasteiger partial charge in [-0.15, -0.1) is 0 Å². The lowest BCUT2D eigenvalue weighted by Gasteiger charge is -2.08. The summed E-state index contributed by atoms with van der Waals surface area (Å²) in [6, 6.07) is 19.7. The fraction of sp³-hybridized carbons (Fsp3) is 0.0588. The van der Waals surface area contributed by atoms with Gasteiger partial charge >= 0.3 is 0 Å². The molecule has 0 aliphatic carbocycles. The standard InChI is InChI=1S/C17H12Cl2N2/c18-16-15(13-9-5-2-6-10-13)17(19)21-14(20-16)11-12-7-3-1-4-8-12/h1-10H,11H2. The Hall–Kier alpha value is -1.90. The van der Waals surface area contributed by atoms with E-state index in [0.717, 1.165) is 11.1 Å². The molecule has 1 heterocycles. The first-order valence-electron chi connectivity index (χ1n) is 6.55. The highest BCUT2D eigenvalue weighted by molar-refractivity contribution is 6.37. The van der Waals surface area contributed by atoms with Crippen LogP contribution >= 0.6 is 23.2 Å². The molecule has 0 bridgehead atoms. The molecule has 2 aromatic carbocycles. The van der Waals surface area contributed by atoms with Gasteiger partial charge in [-0.25, -0.2) is 9.97 Å². The van der Waals surface area contributed by atoms with Crippen LogP contribution in [0.5, 0.6) is 0 Å². The first-order valence-corrected chi connectivity index (χ1v) is 7.31. The van der Waals surface area contributed by atoms with Gasteiger partial charge in [0.15, 0.2) is 0 Å². The molecule has 2 nitrogen and oxygen atoms in total. The normalized spacial score (nSPS) is 10.6. The lowest BCUT2D eigenvalue weighted by Crippen LogP contribution is -1.99. The summed E-state index contributed by atoms with van der Waals surface area (Å²) in [6.07, 6.45) is 0.606. The minimum atomic E-state index is 0.382. The Kier molecular flexibility index (Phi) is 4.18. The van der Waals surface area contributed by atoms with Crippen molar-refractivity contribution in [2.24, 2.45) is 0 Å². The number of hydrogen-bond acceptors (Lipinski definition) is 2. The Balaban J connectivity index is 1.97. The van der Waals surface area contributed by atoms with Crippen LogP contribution in [0.1, 0.15) is 11.4 Å². The quantitative estimate of drug-likeness (QED) is 0.633. The first-order chi connectivity index (χ1) is 10.2. The van der Waals surface area contributed by atoms with Crippen LogP contribution in [0.4, 0.5) is 0 Å². The highest BCUT2D eigenvalue weighted by Crippen LogP contribution is 2.32. The monoisotopic (exact) mass is 314 g/mol. The second kappa shape index (κ2) is 6.25. The molecule has 3 rings (SSSR count). The third kappa shape index (κ3) is 3.23. The van der Waals surface area contributed by atoms with E-state index in [1.54, 1.807) is 0 Å². The molecule has 0 aliphatic rings. The van der Waals surface area contributed by atoms with Crippen molar-refractivity contribution in [1.29, 1.82) is 0 Å². The second-order valence-corrected chi connectivity index (χ2v) is 5.34. The number of hydrogen-bond donors (Lipinski definition) is 0. The van der Waals surface area contributed by atoms with Crippen molar-refractivity contribution < 1.29 is 0 Å². The lowest BCUT2D eigenvalue weighted by atomic mass is 10.1. The van der Waals surface area contributed by atoms with E-state index in [1.165, 1.54) is 0 Å². The van der Waals surface area contributed by atoms with Gasteiger partial charge in [0.2, 0.25) is 0 Å². The van der Waals surface area contributed by atoms with E-state index < -0.39 is 0 Å². The molecule has 0 radical (unpaired) electrons. The maximum Gasteiger partial charge on any atom is 0.142 e. The zero-order chi connectivity index (χ0) is 14.7. The van der Waals surface area contributed by atoms with Crippen molar-refractivity contribution in [2.75, 3.05) is 0 Å². The van der Waals surface area contributed by atoms with E-state index in [9.17, 15) is 0 Å². The largest absolute Gasteiger partial charge is 0.220 e. The Morgan fingerprint density at radius 3 is 1.81 bits per heavy atom. The molecule has 0 fully saturated rings. The van der Waals surface area contributed by atoms with Gasteiger partial charge in [-0.2, -0.15) is 0 Å². The molecule has 0 saturated carbocycles. The predicted molar refractivity (Wildman–Crippen MR) is 86.7 cm³/mol. The van der Waals surface area contributed by atoms with Gasteiger partial charge in [-0.1, -0.05) is 83.9 Å². The van der Waals surface area contributed by atoms with Crippen LogP contribution in [-0.2, 0) is 6.42 Å². The Labute approximate surface area is 133 Å². The van der Waals surface area contributed by atoms with E-state index >= 15 is 0 Å². The van der Waals surface area contributed by atoms with Crippen LogP contribution in [0.3, 0.4) is 0 Å². The summed E-state index contributed by atoms with van der Waals surface area (Å²) in [5.41, 5.74) is 2.71. The minimum Gasteiger partial charge on any atom is -0.220 e. The van der Waals surface area contributed by atoms with E-state index in [-0.39, 0.29) is 0 Å². The highest BCUT2D eigenvalue weighted by Gasteiger charge is 2.13. The van der Waals surface area contributed by atoms with Crippen molar-refractivity contribution in [3.05, 3.63) is 82.4 Å². The molecule has 0 atom stereocenters. The van der Waals surface area contributed by atoms with Crippen molar-refractivity contribution in [1.82, 2.24) is 9.97 Å². The summed E-state index contributed by atoms with van der Waals surface area (Å²) in [4.78, 5) is 8.75. The third-order valence-electron chi connectivity index (χ3n) is 3.13. The molecule has 1 aromatic heterocycles. The number of rotatable bonds is 3. The van der Waals surface area contributed by atoms with Crippen LogP contribution in [0.25, 0.3) is 11.1 Å². The van der Waals surface area contributed by atoms with Crippen LogP contribution < -0.4 is 0 Å². The highest BCUT2D eigenvalue weighted by atomic mass is 35.5. The third-order valence-corrected chi connectivity index (χ3v) is 3.68. The van der Waals surface area contributed by atoms with Crippen molar-refractivity contribution in [3.63, 3.8) is 0 Å². The summed E-state index contributed by atoms with van der Waals surface area (Å²) in [7, 11) is 0. The average Bonchev–Trinajstić information content (AvgIpc) is 2.49. The summed E-state index contributed by atoms with van der Waals surface area (Å²) in [6.45, 7) is 0. The molecule has 0 saturated heterocycles. The van der Waals surface area contributed by atoms with Gasteiger partial charge in [-0.3, -0.25) is 0 Å². The van der Waals surface area contributed by atoms with Crippen LogP contribution in [0.2, 0.25) is 10.3 Å². The topological polar surface area (TPSA) is 25.8 Å². The number of benzene rings is 2. The lowest BCUT2D eigenvalue weighted by molar-refractivity contribution is 0.971. The summed E-state index contributed by atoms with van der Waals surface area (Å²) in [5.74, 6) is 0.621. The predicted octanol–water partition coefficient (Wildman–Crippen LogP) is 5.04. The zero-order valence-electron chi connectivity index (χ0n) is 11.1. The van der Waals surface area contributed by atoms with Crippen LogP contribution in [0.15, 0.2) is 60.7 Å². The molecule has 0 amide bonds. The molecule has 21 heavy (non-hydrogen) atoms. The smallest absolute Gasteiger partial charge is 0.142 e. The van der Waals surface area contributed by atoms with Gasteiger partial charge < -0.3 is 0 Å². The second-order valence-electron chi connectivity index (χ2n) is 4.62. The number of halogens is 2. The van der Waals surface area contributed by atoms with E-state index in [4.69, 9.17) is 23.2 Å². The van der Waals surface area contributed by atoms with E-state index in [1.807, 2.05) is 60.7 Å². The summed E-state index contributed by atoms with van der Waals surface area (Å²) >= 11 is 12.6. The fourth-order valence-corrected chi connectivity index (χ4v) is 2.79. The molecule has 0 unspecified atom stereocenters. The van der Waals surface area contributed by atoms with Crippen LogP contribution in [0, 0.1) is 0 Å². The SMILES string of the molecule is Clc1nc(Cc2ccccc2)nc(Cl)c1-c1ccccc1. The Morgan fingerprint density at radius 2 is 1.24 bits per heavy atom. The van der Waals surface area contributed by atoms with E-state index in [2.05, 4.69) is 9.97 Å². The molecule has 0 aliphatic heterocycles. The van der Waals surface area contributed by atoms with Crippen LogP contribution in [-0.4, -0.2) is 9.97 Å². The van der Waals surface area contributed by atoms with Gasteiger partial charge in [-0.05, 0) is 11.1 Å². The van der Waals surface area contributed by atoms with Gasteiger partial charge in [0, 0.05) is 6.42 Å². The molecule has 0 spiro atoms. The molecule has 3 aromatic rings. The summed E-state index contributed by atoms with van der Waals surface area (Å²) < 4.78 is 0. The molecular formula is C17H12Cl2N2. The molecular weight excluding hydrogens is 303 g/mol. The molecule has 0 N–H and O–H groups in total. The molecule has 104 valence electrons. The van der Waals surface area contributed by atoms with Crippen molar-refractivity contribution >= 4 is 23.2 Å². The van der Waals surface area contributed by atoms with Gasteiger partial charge in [0.25, 0.3) is 0 Å². The molecule has 4 heteroatoms. The summed E-state index contributed by atoms with van der Waals surface area (Å²) in [5, 5.41) is 0.763. The maximum absolute atomic E-state index is 6.30. The van der Waals surface area contributed by atoms with Gasteiger partial charge in [0.1, 0.15) is 16.1 Å². The Bertz CT molecular complexity index is 720.